The van der Waals surface area contributed by atoms with Crippen LogP contribution in [0.2, 0.25) is 0 Å². The second-order valence-electron chi connectivity index (χ2n) is 1.71. The maximum atomic E-state index is 10.5. The molecule has 0 bridgehead atoms. The SMILES string of the molecule is N#Cc1ncccc1S(=O)O. The molecule has 0 amide bonds. The maximum Gasteiger partial charge on any atom is 0.189 e. The predicted molar refractivity (Wildman–Crippen MR) is 38.0 cm³/mol. The van der Waals surface area contributed by atoms with Crippen LogP contribution < -0.4 is 0 Å². The highest BCUT2D eigenvalue weighted by Crippen LogP contribution is 2.06. The van der Waals surface area contributed by atoms with Gasteiger partial charge in [-0.15, -0.1) is 0 Å². The molecule has 0 saturated carbocycles. The first-order valence-electron chi connectivity index (χ1n) is 2.71. The molecule has 0 aliphatic heterocycles. The summed E-state index contributed by atoms with van der Waals surface area (Å²) in [6, 6.07) is 4.61. The second kappa shape index (κ2) is 3.23. The smallest absolute Gasteiger partial charge is 0.189 e. The lowest BCUT2D eigenvalue weighted by Gasteiger charge is -1.93. The monoisotopic (exact) mass is 168 g/mol. The van der Waals surface area contributed by atoms with E-state index in [9.17, 15) is 4.21 Å². The molecule has 1 rings (SSSR count). The van der Waals surface area contributed by atoms with Crippen molar-refractivity contribution in [1.29, 1.82) is 5.26 Å². The average molecular weight is 168 g/mol. The van der Waals surface area contributed by atoms with Crippen LogP contribution in [0.25, 0.3) is 0 Å². The Hall–Kier alpha value is -1.25. The first-order chi connectivity index (χ1) is 5.25. The molecule has 4 nitrogen and oxygen atoms in total. The van der Waals surface area contributed by atoms with Crippen molar-refractivity contribution in [1.82, 2.24) is 4.98 Å². The molecule has 0 aromatic carbocycles. The van der Waals surface area contributed by atoms with Gasteiger partial charge in [-0.3, -0.25) is 0 Å². The van der Waals surface area contributed by atoms with Gasteiger partial charge in [0.15, 0.2) is 16.8 Å². The van der Waals surface area contributed by atoms with Crippen LogP contribution in [-0.2, 0) is 11.1 Å². The van der Waals surface area contributed by atoms with Crippen molar-refractivity contribution in [3.8, 4) is 6.07 Å². The summed E-state index contributed by atoms with van der Waals surface area (Å²) in [4.78, 5) is 3.66. The minimum absolute atomic E-state index is 0.00617. The van der Waals surface area contributed by atoms with Gasteiger partial charge in [-0.05, 0) is 12.1 Å². The number of nitriles is 1. The number of aromatic nitrogens is 1. The van der Waals surface area contributed by atoms with E-state index in [0.29, 0.717) is 0 Å². The van der Waals surface area contributed by atoms with Crippen molar-refractivity contribution in [3.63, 3.8) is 0 Å². The van der Waals surface area contributed by atoms with Crippen molar-refractivity contribution in [3.05, 3.63) is 24.0 Å². The molecule has 0 radical (unpaired) electrons. The van der Waals surface area contributed by atoms with Gasteiger partial charge < -0.3 is 4.55 Å². The van der Waals surface area contributed by atoms with E-state index in [4.69, 9.17) is 9.81 Å². The summed E-state index contributed by atoms with van der Waals surface area (Å²) in [7, 11) is 0. The van der Waals surface area contributed by atoms with Crippen molar-refractivity contribution in [2.45, 2.75) is 4.90 Å². The Morgan fingerprint density at radius 1 is 1.73 bits per heavy atom. The number of hydrogen-bond acceptors (Lipinski definition) is 3. The Labute approximate surface area is 65.8 Å². The number of hydrogen-bond donors (Lipinski definition) is 1. The normalized spacial score (nSPS) is 12.0. The van der Waals surface area contributed by atoms with Crippen LogP contribution >= 0.6 is 0 Å². The average Bonchev–Trinajstić information content (AvgIpc) is 2.04. The summed E-state index contributed by atoms with van der Waals surface area (Å²) in [5.74, 6) is 0. The van der Waals surface area contributed by atoms with E-state index in [2.05, 4.69) is 4.98 Å². The molecule has 5 heteroatoms. The summed E-state index contributed by atoms with van der Waals surface area (Å²) in [6.45, 7) is 0. The van der Waals surface area contributed by atoms with Crippen molar-refractivity contribution in [2.75, 3.05) is 0 Å². The van der Waals surface area contributed by atoms with E-state index < -0.39 is 11.1 Å². The van der Waals surface area contributed by atoms with Crippen molar-refractivity contribution >= 4 is 11.1 Å². The zero-order valence-corrected chi connectivity index (χ0v) is 6.21. The molecule has 1 N–H and O–H groups in total. The summed E-state index contributed by atoms with van der Waals surface area (Å²) in [5.41, 5.74) is -0.00617. The van der Waals surface area contributed by atoms with Gasteiger partial charge in [-0.25, -0.2) is 9.19 Å². The van der Waals surface area contributed by atoms with E-state index in [1.54, 1.807) is 6.07 Å². The molecule has 0 fully saturated rings. The van der Waals surface area contributed by atoms with E-state index in [1.165, 1.54) is 18.3 Å². The highest BCUT2D eigenvalue weighted by Gasteiger charge is 2.06. The second-order valence-corrected chi connectivity index (χ2v) is 2.65. The molecule has 0 aliphatic carbocycles. The zero-order valence-electron chi connectivity index (χ0n) is 5.39. The molecule has 1 heterocycles. The van der Waals surface area contributed by atoms with Crippen LogP contribution in [-0.4, -0.2) is 13.7 Å². The largest absolute Gasteiger partial charge is 0.302 e. The minimum atomic E-state index is -2.13. The third-order valence-corrected chi connectivity index (χ3v) is 1.77. The predicted octanol–water partition coefficient (Wildman–Crippen LogP) is 0.534. The van der Waals surface area contributed by atoms with Crippen LogP contribution in [0.3, 0.4) is 0 Å². The van der Waals surface area contributed by atoms with E-state index in [0.717, 1.165) is 0 Å². The van der Waals surface area contributed by atoms with Crippen LogP contribution in [0.4, 0.5) is 0 Å². The molecule has 1 unspecified atom stereocenters. The lowest BCUT2D eigenvalue weighted by molar-refractivity contribution is 0.563. The molecule has 0 aliphatic rings. The van der Waals surface area contributed by atoms with Crippen LogP contribution in [0.15, 0.2) is 23.2 Å². The van der Waals surface area contributed by atoms with E-state index in [1.807, 2.05) is 0 Å². The molecular weight excluding hydrogens is 164 g/mol. The fraction of sp³-hybridized carbons (Fsp3) is 0. The van der Waals surface area contributed by atoms with Gasteiger partial charge in [0.1, 0.15) is 11.0 Å². The first kappa shape index (κ1) is 7.85. The molecule has 0 spiro atoms. The van der Waals surface area contributed by atoms with Gasteiger partial charge in [-0.2, -0.15) is 5.26 Å². The third kappa shape index (κ3) is 1.61. The molecular formula is C6H4N2O2S. The Bertz CT molecular complexity index is 332. The van der Waals surface area contributed by atoms with Crippen LogP contribution in [0, 0.1) is 11.3 Å². The van der Waals surface area contributed by atoms with Crippen LogP contribution in [0.1, 0.15) is 5.69 Å². The maximum absolute atomic E-state index is 10.5. The van der Waals surface area contributed by atoms with Gasteiger partial charge in [0.05, 0.1) is 0 Å². The Morgan fingerprint density at radius 2 is 2.45 bits per heavy atom. The number of pyridine rings is 1. The van der Waals surface area contributed by atoms with Gasteiger partial charge >= 0.3 is 0 Å². The summed E-state index contributed by atoms with van der Waals surface area (Å²) < 4.78 is 19.1. The standard InChI is InChI=1S/C6H4N2O2S/c7-4-5-6(11(9)10)2-1-3-8-5/h1-3H,(H,9,10). The highest BCUT2D eigenvalue weighted by atomic mass is 32.2. The van der Waals surface area contributed by atoms with Gasteiger partial charge in [-0.1, -0.05) is 0 Å². The molecule has 1 aromatic heterocycles. The van der Waals surface area contributed by atoms with Crippen molar-refractivity contribution < 1.29 is 8.76 Å². The zero-order chi connectivity index (χ0) is 8.27. The lowest BCUT2D eigenvalue weighted by Crippen LogP contribution is -1.94. The fourth-order valence-corrected chi connectivity index (χ4v) is 1.07. The Morgan fingerprint density at radius 3 is 2.91 bits per heavy atom. The lowest BCUT2D eigenvalue weighted by atomic mass is 10.4. The quantitative estimate of drug-likeness (QED) is 0.621. The molecule has 1 atom stereocenters. The molecule has 0 saturated heterocycles. The molecule has 11 heavy (non-hydrogen) atoms. The molecule has 56 valence electrons. The number of nitrogens with zero attached hydrogens (tertiary/aromatic N) is 2. The summed E-state index contributed by atoms with van der Waals surface area (Å²) in [6.07, 6.45) is 1.40. The van der Waals surface area contributed by atoms with E-state index in [-0.39, 0.29) is 10.6 Å². The highest BCUT2D eigenvalue weighted by molar-refractivity contribution is 7.79. The minimum Gasteiger partial charge on any atom is -0.302 e. The Kier molecular flexibility index (Phi) is 2.31. The van der Waals surface area contributed by atoms with Crippen molar-refractivity contribution in [2.24, 2.45) is 0 Å². The van der Waals surface area contributed by atoms with Gasteiger partial charge in [0.2, 0.25) is 0 Å². The number of rotatable bonds is 1. The molecule has 1 aromatic rings. The fourth-order valence-electron chi connectivity index (χ4n) is 0.615. The summed E-state index contributed by atoms with van der Waals surface area (Å²) in [5, 5.41) is 8.41. The van der Waals surface area contributed by atoms with Gasteiger partial charge in [0, 0.05) is 6.20 Å². The van der Waals surface area contributed by atoms with Crippen LogP contribution in [0.5, 0.6) is 0 Å². The Balaban J connectivity index is 3.26. The third-order valence-electron chi connectivity index (χ3n) is 1.06. The topological polar surface area (TPSA) is 74.0 Å². The summed E-state index contributed by atoms with van der Waals surface area (Å²) >= 11 is -2.13. The van der Waals surface area contributed by atoms with E-state index >= 15 is 0 Å². The first-order valence-corrected chi connectivity index (χ1v) is 3.82. The van der Waals surface area contributed by atoms with Gasteiger partial charge in [0.25, 0.3) is 0 Å².